The summed E-state index contributed by atoms with van der Waals surface area (Å²) in [6, 6.07) is 16.2. The van der Waals surface area contributed by atoms with E-state index in [9.17, 15) is 9.59 Å². The van der Waals surface area contributed by atoms with Crippen molar-refractivity contribution in [2.75, 3.05) is 0 Å². The lowest BCUT2D eigenvalue weighted by molar-refractivity contribution is -0.138. The van der Waals surface area contributed by atoms with Crippen molar-refractivity contribution in [1.29, 1.82) is 0 Å². The van der Waals surface area contributed by atoms with Gasteiger partial charge < -0.3 is 14.8 Å². The van der Waals surface area contributed by atoms with Crippen LogP contribution in [0.2, 0.25) is 0 Å². The molecule has 2 fully saturated rings. The molecule has 1 N–H and O–H groups in total. The van der Waals surface area contributed by atoms with E-state index >= 15 is 0 Å². The van der Waals surface area contributed by atoms with Crippen LogP contribution in [-0.2, 0) is 17.9 Å². The summed E-state index contributed by atoms with van der Waals surface area (Å²) in [4.78, 5) is 33.8. The van der Waals surface area contributed by atoms with E-state index in [4.69, 9.17) is 4.98 Å². The molecule has 0 radical (unpaired) electrons. The van der Waals surface area contributed by atoms with Gasteiger partial charge in [-0.2, -0.15) is 0 Å². The molecule has 1 aromatic heterocycles. The van der Waals surface area contributed by atoms with E-state index in [1.54, 1.807) is 0 Å². The summed E-state index contributed by atoms with van der Waals surface area (Å²) < 4.78 is 2.02. The Morgan fingerprint density at radius 3 is 2.14 bits per heavy atom. The summed E-state index contributed by atoms with van der Waals surface area (Å²) in [5.74, 6) is 0.784. The number of fused-ring (bicyclic) bond motifs is 1. The predicted octanol–water partition coefficient (Wildman–Crippen LogP) is 5.77. The Morgan fingerprint density at radius 1 is 0.889 bits per heavy atom. The Balaban J connectivity index is 1.38. The minimum Gasteiger partial charge on any atom is -0.345 e. The fourth-order valence-corrected chi connectivity index (χ4v) is 6.04. The van der Waals surface area contributed by atoms with Crippen molar-refractivity contribution >= 4 is 22.8 Å². The number of nitrogens with zero attached hydrogens (tertiary/aromatic N) is 3. The van der Waals surface area contributed by atoms with Gasteiger partial charge in [-0.05, 0) is 56.9 Å². The van der Waals surface area contributed by atoms with Gasteiger partial charge in [-0.25, -0.2) is 4.98 Å². The number of benzene rings is 2. The zero-order valence-electron chi connectivity index (χ0n) is 21.4. The van der Waals surface area contributed by atoms with Gasteiger partial charge in [0.15, 0.2) is 0 Å². The van der Waals surface area contributed by atoms with Gasteiger partial charge in [0.05, 0.1) is 17.6 Å². The molecule has 2 saturated carbocycles. The molecule has 0 bridgehead atoms. The van der Waals surface area contributed by atoms with Crippen molar-refractivity contribution < 1.29 is 9.59 Å². The molecule has 2 aromatic carbocycles. The third kappa shape index (κ3) is 5.48. The number of carbonyl (C=O) groups excluding carboxylic acids is 2. The highest BCUT2D eigenvalue weighted by atomic mass is 16.2. The quantitative estimate of drug-likeness (QED) is 0.461. The molecule has 5 rings (SSSR count). The molecule has 36 heavy (non-hydrogen) atoms. The molecule has 6 nitrogen and oxygen atoms in total. The van der Waals surface area contributed by atoms with Gasteiger partial charge in [-0.3, -0.25) is 9.59 Å². The molecule has 3 aromatic rings. The Morgan fingerprint density at radius 2 is 1.50 bits per heavy atom. The van der Waals surface area contributed by atoms with Crippen LogP contribution in [0.5, 0.6) is 0 Å². The smallest absolute Gasteiger partial charge is 0.251 e. The van der Waals surface area contributed by atoms with Gasteiger partial charge >= 0.3 is 0 Å². The largest absolute Gasteiger partial charge is 0.345 e. The van der Waals surface area contributed by atoms with Gasteiger partial charge in [0, 0.05) is 17.6 Å². The summed E-state index contributed by atoms with van der Waals surface area (Å²) in [5.41, 5.74) is 3.54. The lowest BCUT2D eigenvalue weighted by Gasteiger charge is -2.42. The van der Waals surface area contributed by atoms with Crippen molar-refractivity contribution in [2.24, 2.45) is 0 Å². The molecule has 2 amide bonds. The predicted molar refractivity (Wildman–Crippen MR) is 143 cm³/mol. The second-order valence-corrected chi connectivity index (χ2v) is 10.5. The first-order valence-electron chi connectivity index (χ1n) is 13.7. The molecule has 190 valence electrons. The molecule has 6 heteroatoms. The minimum absolute atomic E-state index is 0.133. The molecular formula is C30H38N4O2. The van der Waals surface area contributed by atoms with Crippen LogP contribution in [0, 0.1) is 6.92 Å². The zero-order chi connectivity index (χ0) is 24.9. The van der Waals surface area contributed by atoms with Crippen LogP contribution in [0.25, 0.3) is 11.0 Å². The number of para-hydroxylation sites is 2. The van der Waals surface area contributed by atoms with E-state index in [1.165, 1.54) is 38.5 Å². The SMILES string of the molecule is Cc1ccc(C(=O)NCc2nc3ccccc3n2CC(=O)N(C2CCCCC2)C2CCCCC2)cc1. The second-order valence-electron chi connectivity index (χ2n) is 10.5. The molecular weight excluding hydrogens is 448 g/mol. The molecule has 0 saturated heterocycles. The second kappa shape index (κ2) is 11.3. The van der Waals surface area contributed by atoms with Crippen molar-refractivity contribution in [3.63, 3.8) is 0 Å². The lowest BCUT2D eigenvalue weighted by atomic mass is 9.88. The molecule has 1 heterocycles. The van der Waals surface area contributed by atoms with Crippen LogP contribution in [0.15, 0.2) is 48.5 Å². The lowest BCUT2D eigenvalue weighted by Crippen LogP contribution is -2.50. The van der Waals surface area contributed by atoms with Crippen LogP contribution in [-0.4, -0.2) is 38.3 Å². The highest BCUT2D eigenvalue weighted by Crippen LogP contribution is 2.31. The van der Waals surface area contributed by atoms with E-state index in [1.807, 2.05) is 60.0 Å². The number of hydrogen-bond donors (Lipinski definition) is 1. The fraction of sp³-hybridized carbons (Fsp3) is 0.500. The number of carbonyl (C=O) groups is 2. The Labute approximate surface area is 214 Å². The standard InChI is InChI=1S/C30H38N4O2/c1-22-16-18-23(19-17-22)30(36)31-20-28-32-26-14-8-9-15-27(26)33(28)21-29(35)34(24-10-4-2-5-11-24)25-12-6-3-7-13-25/h8-9,14-19,24-25H,2-7,10-13,20-21H2,1H3,(H,31,36). The maximum atomic E-state index is 14.0. The van der Waals surface area contributed by atoms with Crippen LogP contribution in [0.4, 0.5) is 0 Å². The van der Waals surface area contributed by atoms with Gasteiger partial charge in [0.25, 0.3) is 5.91 Å². The number of nitrogens with one attached hydrogen (secondary N) is 1. The number of aryl methyl sites for hydroxylation is 1. The summed E-state index contributed by atoms with van der Waals surface area (Å²) in [5, 5.41) is 3.02. The minimum atomic E-state index is -0.133. The Hall–Kier alpha value is -3.15. The van der Waals surface area contributed by atoms with E-state index in [-0.39, 0.29) is 24.9 Å². The molecule has 0 unspecified atom stereocenters. The Kier molecular flexibility index (Phi) is 7.69. The number of amides is 2. The van der Waals surface area contributed by atoms with Crippen molar-refractivity contribution in [2.45, 2.75) is 96.3 Å². The van der Waals surface area contributed by atoms with Gasteiger partial charge in [-0.1, -0.05) is 68.4 Å². The Bertz CT molecular complexity index is 1170. The normalized spacial score (nSPS) is 17.2. The van der Waals surface area contributed by atoms with Crippen molar-refractivity contribution in [3.8, 4) is 0 Å². The molecule has 0 atom stereocenters. The van der Waals surface area contributed by atoms with Crippen LogP contribution >= 0.6 is 0 Å². The first-order chi connectivity index (χ1) is 17.6. The highest BCUT2D eigenvalue weighted by molar-refractivity contribution is 5.94. The monoisotopic (exact) mass is 486 g/mol. The summed E-state index contributed by atoms with van der Waals surface area (Å²) in [6.07, 6.45) is 11.9. The summed E-state index contributed by atoms with van der Waals surface area (Å²) in [7, 11) is 0. The maximum absolute atomic E-state index is 14.0. The average Bonchev–Trinajstić information content (AvgIpc) is 3.26. The first-order valence-corrected chi connectivity index (χ1v) is 13.7. The first kappa shape index (κ1) is 24.5. The van der Waals surface area contributed by atoms with E-state index < -0.39 is 0 Å². The van der Waals surface area contributed by atoms with E-state index in [0.717, 1.165) is 48.1 Å². The van der Waals surface area contributed by atoms with Gasteiger partial charge in [0.1, 0.15) is 12.4 Å². The van der Waals surface area contributed by atoms with E-state index in [2.05, 4.69) is 10.2 Å². The van der Waals surface area contributed by atoms with Gasteiger partial charge in [-0.15, -0.1) is 0 Å². The fourth-order valence-electron chi connectivity index (χ4n) is 6.04. The third-order valence-corrected chi connectivity index (χ3v) is 7.97. The van der Waals surface area contributed by atoms with Crippen molar-refractivity contribution in [3.05, 3.63) is 65.5 Å². The zero-order valence-corrected chi connectivity index (χ0v) is 21.4. The number of hydrogen-bond acceptors (Lipinski definition) is 3. The number of imidazole rings is 1. The topological polar surface area (TPSA) is 67.2 Å². The molecule has 0 spiro atoms. The number of aromatic nitrogens is 2. The third-order valence-electron chi connectivity index (χ3n) is 7.97. The van der Waals surface area contributed by atoms with Crippen LogP contribution < -0.4 is 5.32 Å². The molecule has 0 aliphatic heterocycles. The summed E-state index contributed by atoms with van der Waals surface area (Å²) in [6.45, 7) is 2.55. The van der Waals surface area contributed by atoms with Gasteiger partial charge in [0.2, 0.25) is 5.91 Å². The molecule has 2 aliphatic carbocycles. The maximum Gasteiger partial charge on any atom is 0.251 e. The van der Waals surface area contributed by atoms with Crippen molar-refractivity contribution in [1.82, 2.24) is 19.8 Å². The molecule has 2 aliphatic rings. The van der Waals surface area contributed by atoms with E-state index in [0.29, 0.717) is 17.6 Å². The van der Waals surface area contributed by atoms with Crippen LogP contribution in [0.3, 0.4) is 0 Å². The summed E-state index contributed by atoms with van der Waals surface area (Å²) >= 11 is 0. The van der Waals surface area contributed by atoms with Crippen LogP contribution in [0.1, 0.15) is 86.0 Å². The highest BCUT2D eigenvalue weighted by Gasteiger charge is 2.33. The number of rotatable bonds is 7. The average molecular weight is 487 g/mol.